The van der Waals surface area contributed by atoms with E-state index in [1.807, 2.05) is 6.92 Å². The highest BCUT2D eigenvalue weighted by Gasteiger charge is 2.26. The summed E-state index contributed by atoms with van der Waals surface area (Å²) in [6, 6.07) is -0.173. The third kappa shape index (κ3) is 4.49. The minimum Gasteiger partial charge on any atom is -0.354 e. The summed E-state index contributed by atoms with van der Waals surface area (Å²) in [5, 5.41) is 5.81. The molecule has 1 aliphatic heterocycles. The van der Waals surface area contributed by atoms with Gasteiger partial charge in [0, 0.05) is 12.8 Å². The molecule has 0 saturated carbocycles. The largest absolute Gasteiger partial charge is 0.354 e. The lowest BCUT2D eigenvalue weighted by Gasteiger charge is -2.28. The molecule has 1 fully saturated rings. The summed E-state index contributed by atoms with van der Waals surface area (Å²) in [4.78, 5) is 11.7. The lowest BCUT2D eigenvalue weighted by molar-refractivity contribution is -0.124. The van der Waals surface area contributed by atoms with Gasteiger partial charge < -0.3 is 10.6 Å². The van der Waals surface area contributed by atoms with Gasteiger partial charge in [-0.05, 0) is 25.3 Å². The van der Waals surface area contributed by atoms with Crippen LogP contribution in [0.25, 0.3) is 0 Å². The highest BCUT2D eigenvalue weighted by atomic mass is 32.2. The average Bonchev–Trinajstić information content (AvgIpc) is 2.16. The van der Waals surface area contributed by atoms with Gasteiger partial charge in [-0.15, -0.1) is 0 Å². The van der Waals surface area contributed by atoms with Crippen LogP contribution in [0.3, 0.4) is 0 Å². The van der Waals surface area contributed by atoms with Crippen LogP contribution in [0.1, 0.15) is 19.8 Å². The summed E-state index contributed by atoms with van der Waals surface area (Å²) in [5.74, 6) is 0.225. The molecule has 0 aromatic heterocycles. The summed E-state index contributed by atoms with van der Waals surface area (Å²) >= 11 is 0. The van der Waals surface area contributed by atoms with Crippen molar-refractivity contribution < 1.29 is 13.2 Å². The summed E-state index contributed by atoms with van der Waals surface area (Å²) in [5.41, 5.74) is 0. The van der Waals surface area contributed by atoms with Crippen molar-refractivity contribution in [2.75, 3.05) is 25.1 Å². The Kier molecular flexibility index (Phi) is 4.73. The SMILES string of the molecule is CC1CCCNC1C(=O)NCCS(C)(=O)=O. The first kappa shape index (κ1) is 13.4. The fourth-order valence-electron chi connectivity index (χ4n) is 1.87. The normalized spacial score (nSPS) is 26.4. The second-order valence-corrected chi connectivity index (χ2v) is 6.73. The minimum atomic E-state index is -3.00. The summed E-state index contributed by atoms with van der Waals surface area (Å²) in [6.45, 7) is 3.09. The number of carbonyl (C=O) groups is 1. The number of rotatable bonds is 4. The quantitative estimate of drug-likeness (QED) is 0.705. The van der Waals surface area contributed by atoms with Crippen LogP contribution in [0.2, 0.25) is 0 Å². The lowest BCUT2D eigenvalue weighted by Crippen LogP contribution is -2.51. The molecule has 16 heavy (non-hydrogen) atoms. The van der Waals surface area contributed by atoms with Crippen LogP contribution < -0.4 is 10.6 Å². The molecule has 6 heteroatoms. The van der Waals surface area contributed by atoms with Crippen molar-refractivity contribution in [3.8, 4) is 0 Å². The van der Waals surface area contributed by atoms with Gasteiger partial charge in [-0.2, -0.15) is 0 Å². The predicted octanol–water partition coefficient (Wildman–Crippen LogP) is -0.465. The van der Waals surface area contributed by atoms with E-state index in [4.69, 9.17) is 0 Å². The minimum absolute atomic E-state index is 0.000158. The summed E-state index contributed by atoms with van der Waals surface area (Å²) in [6.07, 6.45) is 3.30. The van der Waals surface area contributed by atoms with Crippen molar-refractivity contribution in [1.82, 2.24) is 10.6 Å². The maximum absolute atomic E-state index is 11.7. The first-order chi connectivity index (χ1) is 7.40. The molecule has 0 aromatic carbocycles. The second-order valence-electron chi connectivity index (χ2n) is 4.47. The molecule has 2 atom stereocenters. The monoisotopic (exact) mass is 248 g/mol. The summed E-state index contributed by atoms with van der Waals surface area (Å²) < 4.78 is 21.8. The Balaban J connectivity index is 2.34. The standard InChI is InChI=1S/C10H20N2O3S/c1-8-4-3-5-11-9(8)10(13)12-6-7-16(2,14)15/h8-9,11H,3-7H2,1-2H3,(H,12,13). The number of hydrogen-bond acceptors (Lipinski definition) is 4. The fourth-order valence-corrected chi connectivity index (χ4v) is 2.34. The highest BCUT2D eigenvalue weighted by molar-refractivity contribution is 7.90. The average molecular weight is 248 g/mol. The van der Waals surface area contributed by atoms with E-state index in [0.29, 0.717) is 5.92 Å². The molecule has 2 unspecified atom stereocenters. The van der Waals surface area contributed by atoms with Crippen molar-refractivity contribution >= 4 is 15.7 Å². The number of amides is 1. The molecule has 1 heterocycles. The van der Waals surface area contributed by atoms with E-state index in [1.54, 1.807) is 0 Å². The van der Waals surface area contributed by atoms with Crippen LogP contribution in [-0.2, 0) is 14.6 Å². The molecule has 0 bridgehead atoms. The van der Waals surface area contributed by atoms with Gasteiger partial charge in [0.25, 0.3) is 0 Å². The zero-order chi connectivity index (χ0) is 12.2. The Labute approximate surface area is 96.9 Å². The zero-order valence-corrected chi connectivity index (χ0v) is 10.6. The number of piperidine rings is 1. The Hall–Kier alpha value is -0.620. The van der Waals surface area contributed by atoms with E-state index in [1.165, 1.54) is 6.26 Å². The molecular formula is C10H20N2O3S. The number of nitrogens with one attached hydrogen (secondary N) is 2. The van der Waals surface area contributed by atoms with E-state index in [9.17, 15) is 13.2 Å². The van der Waals surface area contributed by atoms with Crippen molar-refractivity contribution in [3.05, 3.63) is 0 Å². The smallest absolute Gasteiger partial charge is 0.237 e. The van der Waals surface area contributed by atoms with Crippen LogP contribution in [0.4, 0.5) is 0 Å². The predicted molar refractivity (Wildman–Crippen MR) is 62.9 cm³/mol. The molecule has 0 radical (unpaired) electrons. The molecule has 1 aliphatic rings. The van der Waals surface area contributed by atoms with Gasteiger partial charge in [0.2, 0.25) is 5.91 Å². The highest BCUT2D eigenvalue weighted by Crippen LogP contribution is 2.15. The Bertz CT molecular complexity index is 340. The number of hydrogen-bond donors (Lipinski definition) is 2. The molecule has 1 saturated heterocycles. The molecule has 1 amide bonds. The number of sulfone groups is 1. The van der Waals surface area contributed by atoms with Crippen molar-refractivity contribution in [2.45, 2.75) is 25.8 Å². The fraction of sp³-hybridized carbons (Fsp3) is 0.900. The lowest BCUT2D eigenvalue weighted by atomic mass is 9.92. The van der Waals surface area contributed by atoms with E-state index in [0.717, 1.165) is 19.4 Å². The van der Waals surface area contributed by atoms with E-state index in [2.05, 4.69) is 10.6 Å². The van der Waals surface area contributed by atoms with E-state index in [-0.39, 0.29) is 24.2 Å². The van der Waals surface area contributed by atoms with Gasteiger partial charge in [-0.25, -0.2) is 8.42 Å². The zero-order valence-electron chi connectivity index (χ0n) is 9.82. The van der Waals surface area contributed by atoms with Crippen molar-refractivity contribution in [1.29, 1.82) is 0 Å². The Morgan fingerprint density at radius 1 is 1.50 bits per heavy atom. The first-order valence-corrected chi connectivity index (χ1v) is 7.65. The van der Waals surface area contributed by atoms with Crippen LogP contribution in [0, 0.1) is 5.92 Å². The van der Waals surface area contributed by atoms with Crippen LogP contribution in [-0.4, -0.2) is 45.5 Å². The first-order valence-electron chi connectivity index (χ1n) is 5.59. The Morgan fingerprint density at radius 2 is 2.19 bits per heavy atom. The van der Waals surface area contributed by atoms with E-state index >= 15 is 0 Å². The number of carbonyl (C=O) groups excluding carboxylic acids is 1. The Morgan fingerprint density at radius 3 is 2.75 bits per heavy atom. The topological polar surface area (TPSA) is 75.3 Å². The summed E-state index contributed by atoms with van der Waals surface area (Å²) in [7, 11) is -3.00. The van der Waals surface area contributed by atoms with Gasteiger partial charge in [0.1, 0.15) is 9.84 Å². The molecule has 5 nitrogen and oxygen atoms in total. The molecule has 2 N–H and O–H groups in total. The van der Waals surface area contributed by atoms with Gasteiger partial charge in [0.15, 0.2) is 0 Å². The van der Waals surface area contributed by atoms with Gasteiger partial charge in [0.05, 0.1) is 11.8 Å². The van der Waals surface area contributed by atoms with Crippen LogP contribution in [0.5, 0.6) is 0 Å². The third-order valence-electron chi connectivity index (χ3n) is 2.82. The van der Waals surface area contributed by atoms with Gasteiger partial charge >= 0.3 is 0 Å². The molecule has 0 aliphatic carbocycles. The molecular weight excluding hydrogens is 228 g/mol. The van der Waals surface area contributed by atoms with Gasteiger partial charge in [-0.3, -0.25) is 4.79 Å². The van der Waals surface area contributed by atoms with Crippen LogP contribution >= 0.6 is 0 Å². The van der Waals surface area contributed by atoms with Crippen molar-refractivity contribution in [2.24, 2.45) is 5.92 Å². The maximum atomic E-state index is 11.7. The van der Waals surface area contributed by atoms with Gasteiger partial charge in [-0.1, -0.05) is 6.92 Å². The molecule has 94 valence electrons. The molecule has 1 rings (SSSR count). The maximum Gasteiger partial charge on any atom is 0.237 e. The third-order valence-corrected chi connectivity index (χ3v) is 3.77. The van der Waals surface area contributed by atoms with Crippen LogP contribution in [0.15, 0.2) is 0 Å². The second kappa shape index (κ2) is 5.63. The molecule has 0 aromatic rings. The molecule has 0 spiro atoms. The van der Waals surface area contributed by atoms with Crippen molar-refractivity contribution in [3.63, 3.8) is 0 Å². The van der Waals surface area contributed by atoms with E-state index < -0.39 is 9.84 Å².